The van der Waals surface area contributed by atoms with Crippen molar-refractivity contribution in [1.29, 1.82) is 0 Å². The number of benzene rings is 2. The van der Waals surface area contributed by atoms with E-state index in [4.69, 9.17) is 4.74 Å². The predicted molar refractivity (Wildman–Crippen MR) is 117 cm³/mol. The Morgan fingerprint density at radius 3 is 2.34 bits per heavy atom. The lowest BCUT2D eigenvalue weighted by atomic mass is 10.0. The van der Waals surface area contributed by atoms with Gasteiger partial charge in [0.15, 0.2) is 5.78 Å². The number of anilines is 1. The van der Waals surface area contributed by atoms with Gasteiger partial charge in [0.2, 0.25) is 10.0 Å². The van der Waals surface area contributed by atoms with Crippen LogP contribution in [0.5, 0.6) is 5.75 Å². The Kier molecular flexibility index (Phi) is 8.22. The molecule has 0 spiro atoms. The van der Waals surface area contributed by atoms with Crippen molar-refractivity contribution in [3.8, 4) is 5.75 Å². The number of Topliss-reactive ketones (excluding diaryl/α,β-unsaturated/α-hetero) is 1. The molecule has 0 saturated carbocycles. The summed E-state index contributed by atoms with van der Waals surface area (Å²) in [6.45, 7) is 7.68. The fourth-order valence-corrected chi connectivity index (χ4v) is 3.72. The summed E-state index contributed by atoms with van der Waals surface area (Å²) >= 11 is 0. The molecule has 0 aromatic heterocycles. The number of carbonyl (C=O) groups excluding carboxylic acids is 1. The summed E-state index contributed by atoms with van der Waals surface area (Å²) in [6.07, 6.45) is 1.78. The van der Waals surface area contributed by atoms with Gasteiger partial charge in [-0.15, -0.1) is 0 Å². The van der Waals surface area contributed by atoms with Crippen molar-refractivity contribution in [2.75, 3.05) is 24.1 Å². The van der Waals surface area contributed by atoms with Crippen LogP contribution < -0.4 is 9.46 Å². The molecule has 2 rings (SSSR count). The van der Waals surface area contributed by atoms with E-state index in [2.05, 4.69) is 23.5 Å². The molecule has 2 aromatic carbocycles. The molecule has 158 valence electrons. The number of sulfonamides is 1. The largest absolute Gasteiger partial charge is 0.475 e. The number of rotatable bonds is 11. The molecule has 0 aliphatic heterocycles. The van der Waals surface area contributed by atoms with Crippen LogP contribution in [-0.4, -0.2) is 44.7 Å². The molecule has 0 radical (unpaired) electrons. The molecule has 1 N–H and O–H groups in total. The molecule has 0 bridgehead atoms. The highest BCUT2D eigenvalue weighted by Crippen LogP contribution is 2.27. The number of hydrogen-bond acceptors (Lipinski definition) is 5. The Bertz CT molecular complexity index is 910. The number of carbonyl (C=O) groups is 1. The summed E-state index contributed by atoms with van der Waals surface area (Å²) in [5.74, 6) is 0.370. The average molecular weight is 419 g/mol. The van der Waals surface area contributed by atoms with Crippen molar-refractivity contribution in [2.24, 2.45) is 0 Å². The minimum atomic E-state index is -3.44. The highest BCUT2D eigenvalue weighted by molar-refractivity contribution is 7.92. The molecule has 7 heteroatoms. The van der Waals surface area contributed by atoms with Gasteiger partial charge in [0, 0.05) is 12.1 Å². The summed E-state index contributed by atoms with van der Waals surface area (Å²) in [6, 6.07) is 14.6. The van der Waals surface area contributed by atoms with E-state index < -0.39 is 10.0 Å². The smallest absolute Gasteiger partial charge is 0.229 e. The molecule has 0 fully saturated rings. The topological polar surface area (TPSA) is 75.7 Å². The van der Waals surface area contributed by atoms with Crippen molar-refractivity contribution < 1.29 is 17.9 Å². The van der Waals surface area contributed by atoms with Crippen LogP contribution in [-0.2, 0) is 16.4 Å². The zero-order valence-corrected chi connectivity index (χ0v) is 18.3. The maximum absolute atomic E-state index is 13.0. The zero-order chi connectivity index (χ0) is 21.4. The van der Waals surface area contributed by atoms with Crippen molar-refractivity contribution >= 4 is 21.5 Å². The fraction of sp³-hybridized carbons (Fsp3) is 0.409. The highest BCUT2D eigenvalue weighted by atomic mass is 32.2. The molecule has 2 aromatic rings. The number of nitrogens with zero attached hydrogens (tertiary/aromatic N) is 1. The fourth-order valence-electron chi connectivity index (χ4n) is 3.16. The van der Waals surface area contributed by atoms with E-state index in [0.717, 1.165) is 24.9 Å². The lowest BCUT2D eigenvalue weighted by Crippen LogP contribution is -2.37. The third-order valence-electron chi connectivity index (χ3n) is 4.69. The van der Waals surface area contributed by atoms with Crippen molar-refractivity contribution in [1.82, 2.24) is 4.90 Å². The molecule has 0 amide bonds. The van der Waals surface area contributed by atoms with Crippen LogP contribution in [0.4, 0.5) is 5.69 Å². The second kappa shape index (κ2) is 10.4. The highest BCUT2D eigenvalue weighted by Gasteiger charge is 2.19. The maximum Gasteiger partial charge on any atom is 0.229 e. The Morgan fingerprint density at radius 2 is 1.76 bits per heavy atom. The first-order valence-corrected chi connectivity index (χ1v) is 11.7. The van der Waals surface area contributed by atoms with Gasteiger partial charge in [0.05, 0.1) is 11.8 Å². The average Bonchev–Trinajstić information content (AvgIpc) is 2.68. The minimum absolute atomic E-state index is 0.0900. The standard InChI is InChI=1S/C22H30N2O4S/c1-5-24(6-2)17(3)28-22-15-13-19(23-29(4,26)27)16-20(22)21(25)14-12-18-10-8-7-9-11-18/h7-11,13,15-17,23H,5-6,12,14H2,1-4H3. The molecular formula is C22H30N2O4S. The molecule has 1 atom stereocenters. The zero-order valence-electron chi connectivity index (χ0n) is 17.5. The number of nitrogens with one attached hydrogen (secondary N) is 1. The van der Waals surface area contributed by atoms with Gasteiger partial charge in [-0.3, -0.25) is 14.4 Å². The van der Waals surface area contributed by atoms with E-state index in [0.29, 0.717) is 29.8 Å². The normalized spacial score (nSPS) is 12.6. The molecule has 6 nitrogen and oxygen atoms in total. The first-order valence-electron chi connectivity index (χ1n) is 9.83. The van der Waals surface area contributed by atoms with Gasteiger partial charge in [-0.25, -0.2) is 8.42 Å². The Hall–Kier alpha value is -2.38. The number of ketones is 1. The van der Waals surface area contributed by atoms with Crippen LogP contribution >= 0.6 is 0 Å². The summed E-state index contributed by atoms with van der Waals surface area (Å²) in [5.41, 5.74) is 1.80. The van der Waals surface area contributed by atoms with E-state index in [9.17, 15) is 13.2 Å². The van der Waals surface area contributed by atoms with Gasteiger partial charge >= 0.3 is 0 Å². The minimum Gasteiger partial charge on any atom is -0.475 e. The lowest BCUT2D eigenvalue weighted by molar-refractivity contribution is 0.0471. The Morgan fingerprint density at radius 1 is 1.10 bits per heavy atom. The van der Waals surface area contributed by atoms with E-state index in [1.165, 1.54) is 0 Å². The van der Waals surface area contributed by atoms with E-state index in [-0.39, 0.29) is 12.0 Å². The number of ether oxygens (including phenoxy) is 1. The van der Waals surface area contributed by atoms with Crippen molar-refractivity contribution in [3.05, 3.63) is 59.7 Å². The van der Waals surface area contributed by atoms with Gasteiger partial charge in [-0.2, -0.15) is 0 Å². The van der Waals surface area contributed by atoms with Crippen LogP contribution in [0.2, 0.25) is 0 Å². The maximum atomic E-state index is 13.0. The van der Waals surface area contributed by atoms with Crippen molar-refractivity contribution in [3.63, 3.8) is 0 Å². The third kappa shape index (κ3) is 7.18. The van der Waals surface area contributed by atoms with Crippen LogP contribution in [0, 0.1) is 0 Å². The molecule has 0 aliphatic rings. The third-order valence-corrected chi connectivity index (χ3v) is 5.30. The Labute approximate surface area is 173 Å². The molecular weight excluding hydrogens is 388 g/mol. The number of aryl methyl sites for hydroxylation is 1. The molecule has 0 saturated heterocycles. The Balaban J connectivity index is 2.28. The first-order chi connectivity index (χ1) is 13.7. The summed E-state index contributed by atoms with van der Waals surface area (Å²) in [5, 5.41) is 0. The molecule has 29 heavy (non-hydrogen) atoms. The lowest BCUT2D eigenvalue weighted by Gasteiger charge is -2.27. The van der Waals surface area contributed by atoms with Crippen LogP contribution in [0.25, 0.3) is 0 Å². The van der Waals surface area contributed by atoms with Gasteiger partial charge in [0.25, 0.3) is 0 Å². The van der Waals surface area contributed by atoms with Crippen molar-refractivity contribution in [2.45, 2.75) is 39.8 Å². The summed E-state index contributed by atoms with van der Waals surface area (Å²) < 4.78 is 31.7. The van der Waals surface area contributed by atoms with Crippen LogP contribution in [0.1, 0.15) is 43.1 Å². The van der Waals surface area contributed by atoms with Crippen LogP contribution in [0.15, 0.2) is 48.5 Å². The summed E-state index contributed by atoms with van der Waals surface area (Å²) in [4.78, 5) is 15.1. The van der Waals surface area contributed by atoms with Crippen LogP contribution in [0.3, 0.4) is 0 Å². The molecule has 0 aliphatic carbocycles. The molecule has 0 heterocycles. The SMILES string of the molecule is CCN(CC)C(C)Oc1ccc(NS(C)(=O)=O)cc1C(=O)CCc1ccccc1. The van der Waals surface area contributed by atoms with E-state index >= 15 is 0 Å². The second-order valence-electron chi connectivity index (χ2n) is 6.93. The van der Waals surface area contributed by atoms with E-state index in [1.807, 2.05) is 37.3 Å². The number of hydrogen-bond donors (Lipinski definition) is 1. The van der Waals surface area contributed by atoms with Gasteiger partial charge in [0.1, 0.15) is 12.0 Å². The van der Waals surface area contributed by atoms with Gasteiger partial charge in [-0.05, 0) is 50.2 Å². The summed E-state index contributed by atoms with van der Waals surface area (Å²) in [7, 11) is -3.44. The molecule has 1 unspecified atom stereocenters. The van der Waals surface area contributed by atoms with E-state index in [1.54, 1.807) is 18.2 Å². The first kappa shape index (κ1) is 22.9. The predicted octanol–water partition coefficient (Wildman–Crippen LogP) is 3.94. The quantitative estimate of drug-likeness (QED) is 0.442. The monoisotopic (exact) mass is 418 g/mol. The van der Waals surface area contributed by atoms with Gasteiger partial charge in [-0.1, -0.05) is 44.2 Å². The van der Waals surface area contributed by atoms with Gasteiger partial charge < -0.3 is 4.74 Å². The second-order valence-corrected chi connectivity index (χ2v) is 8.68.